The fourth-order valence-corrected chi connectivity index (χ4v) is 1.63. The average Bonchev–Trinajstić information content (AvgIpc) is 2.33. The van der Waals surface area contributed by atoms with Crippen LogP contribution in [0.1, 0.15) is 22.9 Å². The smallest absolute Gasteiger partial charge is 0.102 e. The summed E-state index contributed by atoms with van der Waals surface area (Å²) in [5.41, 5.74) is 2.94. The molecule has 1 atom stereocenters. The van der Waals surface area contributed by atoms with Crippen molar-refractivity contribution in [1.82, 2.24) is 9.97 Å². The maximum absolute atomic E-state index is 10.00. The number of benzene rings is 1. The van der Waals surface area contributed by atoms with Crippen molar-refractivity contribution in [3.63, 3.8) is 0 Å². The van der Waals surface area contributed by atoms with E-state index in [1.54, 1.807) is 18.6 Å². The molecule has 2 aromatic rings. The van der Waals surface area contributed by atoms with Crippen molar-refractivity contribution in [2.75, 3.05) is 0 Å². The zero-order valence-electron chi connectivity index (χ0n) is 9.17. The zero-order valence-corrected chi connectivity index (χ0v) is 9.17. The molecule has 0 spiro atoms. The van der Waals surface area contributed by atoms with Crippen LogP contribution in [0.4, 0.5) is 0 Å². The second-order valence-corrected chi connectivity index (χ2v) is 3.78. The van der Waals surface area contributed by atoms with Crippen molar-refractivity contribution in [1.29, 1.82) is 0 Å². The lowest BCUT2D eigenvalue weighted by Crippen LogP contribution is -2.05. The molecule has 1 heterocycles. The first-order valence-electron chi connectivity index (χ1n) is 5.26. The standard InChI is InChI=1S/C13H14N2O/c1-10-4-2-3-5-11(10)8-13(16)12-9-14-6-7-15-12/h2-7,9,13,16H,8H2,1H3. The molecule has 1 N–H and O–H groups in total. The van der Waals surface area contributed by atoms with Crippen LogP contribution in [0, 0.1) is 6.92 Å². The van der Waals surface area contributed by atoms with Gasteiger partial charge in [-0.2, -0.15) is 0 Å². The molecule has 1 aromatic carbocycles. The number of rotatable bonds is 3. The first-order chi connectivity index (χ1) is 7.77. The van der Waals surface area contributed by atoms with Crippen molar-refractivity contribution in [3.05, 3.63) is 59.7 Å². The van der Waals surface area contributed by atoms with E-state index in [2.05, 4.69) is 9.97 Å². The summed E-state index contributed by atoms with van der Waals surface area (Å²) in [5, 5.41) is 10.00. The van der Waals surface area contributed by atoms with Crippen LogP contribution in [0.5, 0.6) is 0 Å². The van der Waals surface area contributed by atoms with E-state index < -0.39 is 6.10 Å². The van der Waals surface area contributed by atoms with E-state index in [0.29, 0.717) is 12.1 Å². The van der Waals surface area contributed by atoms with Gasteiger partial charge in [0.05, 0.1) is 11.9 Å². The third-order valence-electron chi connectivity index (χ3n) is 2.60. The molecule has 3 heteroatoms. The van der Waals surface area contributed by atoms with Crippen LogP contribution in [0.25, 0.3) is 0 Å². The summed E-state index contributed by atoms with van der Waals surface area (Å²) in [5.74, 6) is 0. The molecular weight excluding hydrogens is 200 g/mol. The van der Waals surface area contributed by atoms with Gasteiger partial charge < -0.3 is 5.11 Å². The first kappa shape index (κ1) is 10.8. The number of nitrogens with zero attached hydrogens (tertiary/aromatic N) is 2. The Labute approximate surface area is 94.8 Å². The van der Waals surface area contributed by atoms with Crippen molar-refractivity contribution < 1.29 is 5.11 Å². The third kappa shape index (κ3) is 2.44. The van der Waals surface area contributed by atoms with Gasteiger partial charge >= 0.3 is 0 Å². The van der Waals surface area contributed by atoms with Crippen molar-refractivity contribution >= 4 is 0 Å². The van der Waals surface area contributed by atoms with Gasteiger partial charge in [-0.15, -0.1) is 0 Å². The molecule has 0 saturated carbocycles. The summed E-state index contributed by atoms with van der Waals surface area (Å²) >= 11 is 0. The van der Waals surface area contributed by atoms with Gasteiger partial charge in [-0.3, -0.25) is 9.97 Å². The summed E-state index contributed by atoms with van der Waals surface area (Å²) in [7, 11) is 0. The largest absolute Gasteiger partial charge is 0.386 e. The summed E-state index contributed by atoms with van der Waals surface area (Å²) in [6.45, 7) is 2.04. The van der Waals surface area contributed by atoms with Gasteiger partial charge in [0.1, 0.15) is 6.10 Å². The molecule has 0 saturated heterocycles. The summed E-state index contributed by atoms with van der Waals surface area (Å²) in [6, 6.07) is 8.03. The molecule has 1 unspecified atom stereocenters. The zero-order chi connectivity index (χ0) is 11.4. The number of aliphatic hydroxyl groups excluding tert-OH is 1. The lowest BCUT2D eigenvalue weighted by molar-refractivity contribution is 0.173. The minimum atomic E-state index is -0.588. The fourth-order valence-electron chi connectivity index (χ4n) is 1.63. The second kappa shape index (κ2) is 4.86. The van der Waals surface area contributed by atoms with E-state index in [9.17, 15) is 5.11 Å². The Hall–Kier alpha value is -1.74. The summed E-state index contributed by atoms with van der Waals surface area (Å²) in [6.07, 6.45) is 4.78. The Morgan fingerprint density at radius 2 is 2.06 bits per heavy atom. The lowest BCUT2D eigenvalue weighted by atomic mass is 10.0. The average molecular weight is 214 g/mol. The molecule has 0 bridgehead atoms. The van der Waals surface area contributed by atoms with E-state index >= 15 is 0 Å². The Morgan fingerprint density at radius 3 is 2.75 bits per heavy atom. The van der Waals surface area contributed by atoms with Gasteiger partial charge in [0.25, 0.3) is 0 Å². The fraction of sp³-hybridized carbons (Fsp3) is 0.231. The topological polar surface area (TPSA) is 46.0 Å². The molecule has 1 aromatic heterocycles. The third-order valence-corrected chi connectivity index (χ3v) is 2.60. The van der Waals surface area contributed by atoms with Crippen molar-refractivity contribution in [2.24, 2.45) is 0 Å². The van der Waals surface area contributed by atoms with E-state index in [-0.39, 0.29) is 0 Å². The van der Waals surface area contributed by atoms with Crippen molar-refractivity contribution in [2.45, 2.75) is 19.4 Å². The van der Waals surface area contributed by atoms with Crippen LogP contribution in [-0.2, 0) is 6.42 Å². The quantitative estimate of drug-likeness (QED) is 0.850. The van der Waals surface area contributed by atoms with Crippen LogP contribution in [-0.4, -0.2) is 15.1 Å². The van der Waals surface area contributed by atoms with Gasteiger partial charge in [-0.1, -0.05) is 24.3 Å². The molecule has 0 aliphatic heterocycles. The Kier molecular flexibility index (Phi) is 3.27. The Morgan fingerprint density at radius 1 is 1.25 bits per heavy atom. The second-order valence-electron chi connectivity index (χ2n) is 3.78. The number of hydrogen-bond acceptors (Lipinski definition) is 3. The molecule has 16 heavy (non-hydrogen) atoms. The van der Waals surface area contributed by atoms with E-state index in [0.717, 1.165) is 5.56 Å². The van der Waals surface area contributed by atoms with Gasteiger partial charge in [0.2, 0.25) is 0 Å². The summed E-state index contributed by atoms with van der Waals surface area (Å²) < 4.78 is 0. The number of hydrogen-bond donors (Lipinski definition) is 1. The predicted octanol–water partition coefficient (Wildman–Crippen LogP) is 2.06. The Bertz CT molecular complexity index is 456. The van der Waals surface area contributed by atoms with Crippen LogP contribution >= 0.6 is 0 Å². The van der Waals surface area contributed by atoms with Gasteiger partial charge in [-0.05, 0) is 18.1 Å². The Balaban J connectivity index is 2.14. The maximum Gasteiger partial charge on any atom is 0.102 e. The van der Waals surface area contributed by atoms with Crippen LogP contribution in [0.15, 0.2) is 42.9 Å². The van der Waals surface area contributed by atoms with Gasteiger partial charge in [0, 0.05) is 18.8 Å². The molecule has 0 aliphatic rings. The predicted molar refractivity (Wildman–Crippen MR) is 61.9 cm³/mol. The van der Waals surface area contributed by atoms with E-state index in [1.165, 1.54) is 5.56 Å². The summed E-state index contributed by atoms with van der Waals surface area (Å²) in [4.78, 5) is 8.04. The molecule has 0 amide bonds. The molecule has 0 aliphatic carbocycles. The van der Waals surface area contributed by atoms with Crippen LogP contribution < -0.4 is 0 Å². The minimum Gasteiger partial charge on any atom is -0.386 e. The maximum atomic E-state index is 10.00. The normalized spacial score (nSPS) is 12.4. The number of aromatic nitrogens is 2. The number of aliphatic hydroxyl groups is 1. The first-order valence-corrected chi connectivity index (χ1v) is 5.26. The van der Waals surface area contributed by atoms with Crippen LogP contribution in [0.2, 0.25) is 0 Å². The highest BCUT2D eigenvalue weighted by Crippen LogP contribution is 2.17. The minimum absolute atomic E-state index is 0.575. The lowest BCUT2D eigenvalue weighted by Gasteiger charge is -2.11. The van der Waals surface area contributed by atoms with Crippen LogP contribution in [0.3, 0.4) is 0 Å². The SMILES string of the molecule is Cc1ccccc1CC(O)c1cnccn1. The molecule has 82 valence electrons. The van der Waals surface area contributed by atoms with Gasteiger partial charge in [0.15, 0.2) is 0 Å². The highest BCUT2D eigenvalue weighted by molar-refractivity contribution is 5.26. The monoisotopic (exact) mass is 214 g/mol. The van der Waals surface area contributed by atoms with E-state index in [1.807, 2.05) is 31.2 Å². The van der Waals surface area contributed by atoms with Gasteiger partial charge in [-0.25, -0.2) is 0 Å². The number of aryl methyl sites for hydroxylation is 1. The highest BCUT2D eigenvalue weighted by atomic mass is 16.3. The molecule has 3 nitrogen and oxygen atoms in total. The molecule has 0 radical (unpaired) electrons. The van der Waals surface area contributed by atoms with Crippen molar-refractivity contribution in [3.8, 4) is 0 Å². The van der Waals surface area contributed by atoms with E-state index in [4.69, 9.17) is 0 Å². The molecule has 0 fully saturated rings. The highest BCUT2D eigenvalue weighted by Gasteiger charge is 2.10. The molecule has 2 rings (SSSR count). The molecular formula is C13H14N2O.